The number of anilines is 2. The lowest BCUT2D eigenvalue weighted by Crippen LogP contribution is -2.34. The molecule has 2 aromatic carbocycles. The summed E-state index contributed by atoms with van der Waals surface area (Å²) in [5.74, 6) is 0.951. The Balaban J connectivity index is 1.31. The number of aromatic nitrogens is 1. The van der Waals surface area contributed by atoms with Gasteiger partial charge in [-0.05, 0) is 68.4 Å². The predicted molar refractivity (Wildman–Crippen MR) is 129 cm³/mol. The highest BCUT2D eigenvalue weighted by atomic mass is 19.1. The molecule has 5 nitrogen and oxygen atoms in total. The first kappa shape index (κ1) is 22.1. The summed E-state index contributed by atoms with van der Waals surface area (Å²) in [6, 6.07) is 15.2. The molecule has 0 unspecified atom stereocenters. The molecule has 1 heterocycles. The van der Waals surface area contributed by atoms with E-state index in [4.69, 9.17) is 4.98 Å². The lowest BCUT2D eigenvalue weighted by Gasteiger charge is -2.30. The number of benzene rings is 2. The lowest BCUT2D eigenvalue weighted by molar-refractivity contribution is 0.0943. The molecule has 0 atom stereocenters. The van der Waals surface area contributed by atoms with E-state index < -0.39 is 0 Å². The van der Waals surface area contributed by atoms with Crippen molar-refractivity contribution < 1.29 is 9.18 Å². The number of halogens is 1. The first-order chi connectivity index (χ1) is 15.4. The molecule has 1 aliphatic carbocycles. The van der Waals surface area contributed by atoms with Crippen LogP contribution in [0.3, 0.4) is 0 Å². The maximum atomic E-state index is 13.4. The molecule has 32 heavy (non-hydrogen) atoms. The SMILES string of the molecule is Cc1cc(C(=O)NC[C@H]2CC[C@@H](Nc3cc(N(C)C)c4ccccc4n3)CC2)ccc1F. The third kappa shape index (κ3) is 5.01. The average Bonchev–Trinajstić information content (AvgIpc) is 2.79. The van der Waals surface area contributed by atoms with Gasteiger partial charge in [0.15, 0.2) is 0 Å². The molecule has 1 amide bonds. The summed E-state index contributed by atoms with van der Waals surface area (Å²) >= 11 is 0. The van der Waals surface area contributed by atoms with Crippen molar-refractivity contribution in [1.29, 1.82) is 0 Å². The van der Waals surface area contributed by atoms with Crippen molar-refractivity contribution >= 4 is 28.3 Å². The fourth-order valence-corrected chi connectivity index (χ4v) is 4.45. The third-order valence-electron chi connectivity index (χ3n) is 6.35. The van der Waals surface area contributed by atoms with Crippen molar-refractivity contribution in [3.63, 3.8) is 0 Å². The van der Waals surface area contributed by atoms with E-state index in [-0.39, 0.29) is 11.7 Å². The molecule has 1 aromatic heterocycles. The number of hydrogen-bond acceptors (Lipinski definition) is 4. The van der Waals surface area contributed by atoms with E-state index in [0.29, 0.717) is 29.6 Å². The third-order valence-corrected chi connectivity index (χ3v) is 6.35. The van der Waals surface area contributed by atoms with Crippen LogP contribution in [0.2, 0.25) is 0 Å². The van der Waals surface area contributed by atoms with Gasteiger partial charge >= 0.3 is 0 Å². The molecular weight excluding hydrogens is 403 g/mol. The van der Waals surface area contributed by atoms with Crippen LogP contribution in [0, 0.1) is 18.7 Å². The number of nitrogens with zero attached hydrogens (tertiary/aromatic N) is 2. The number of pyridine rings is 1. The number of para-hydroxylation sites is 1. The summed E-state index contributed by atoms with van der Waals surface area (Å²) in [6.45, 7) is 2.33. The number of rotatable bonds is 6. The minimum absolute atomic E-state index is 0.134. The summed E-state index contributed by atoms with van der Waals surface area (Å²) in [5, 5.41) is 7.80. The van der Waals surface area contributed by atoms with E-state index in [1.54, 1.807) is 13.0 Å². The molecule has 1 saturated carbocycles. The van der Waals surface area contributed by atoms with Gasteiger partial charge in [-0.3, -0.25) is 4.79 Å². The van der Waals surface area contributed by atoms with Gasteiger partial charge in [-0.2, -0.15) is 0 Å². The monoisotopic (exact) mass is 434 g/mol. The number of hydrogen-bond donors (Lipinski definition) is 2. The van der Waals surface area contributed by atoms with Gasteiger partial charge in [-0.25, -0.2) is 9.37 Å². The van der Waals surface area contributed by atoms with Crippen molar-refractivity contribution in [2.24, 2.45) is 5.92 Å². The minimum Gasteiger partial charge on any atom is -0.377 e. The van der Waals surface area contributed by atoms with Gasteiger partial charge in [0.05, 0.1) is 5.52 Å². The number of fused-ring (bicyclic) bond motifs is 1. The Morgan fingerprint density at radius 1 is 1.09 bits per heavy atom. The van der Waals surface area contributed by atoms with Crippen molar-refractivity contribution in [3.8, 4) is 0 Å². The van der Waals surface area contributed by atoms with E-state index in [9.17, 15) is 9.18 Å². The van der Waals surface area contributed by atoms with Crippen molar-refractivity contribution in [2.75, 3.05) is 30.9 Å². The van der Waals surface area contributed by atoms with E-state index in [1.807, 2.05) is 12.1 Å². The van der Waals surface area contributed by atoms with Crippen LogP contribution in [0.25, 0.3) is 10.9 Å². The van der Waals surface area contributed by atoms with E-state index in [1.165, 1.54) is 12.1 Å². The van der Waals surface area contributed by atoms with Crippen LogP contribution in [-0.2, 0) is 0 Å². The van der Waals surface area contributed by atoms with Crippen molar-refractivity contribution in [3.05, 3.63) is 65.5 Å². The van der Waals surface area contributed by atoms with Crippen LogP contribution < -0.4 is 15.5 Å². The molecule has 0 aliphatic heterocycles. The first-order valence-electron chi connectivity index (χ1n) is 11.3. The topological polar surface area (TPSA) is 57.3 Å². The van der Waals surface area contributed by atoms with Crippen LogP contribution in [0.1, 0.15) is 41.6 Å². The standard InChI is InChI=1S/C26H31FN4O/c1-17-14-19(10-13-22(17)27)26(32)28-16-18-8-11-20(12-9-18)29-25-15-24(31(2)3)21-6-4-5-7-23(21)30-25/h4-7,10,13-15,18,20H,8-9,11-12,16H2,1-3H3,(H,28,32)(H,29,30)/t18-,20+. The maximum absolute atomic E-state index is 13.4. The Kier molecular flexibility index (Phi) is 6.58. The summed E-state index contributed by atoms with van der Waals surface area (Å²) in [7, 11) is 4.11. The summed E-state index contributed by atoms with van der Waals surface area (Å²) in [6.07, 6.45) is 4.19. The molecule has 0 spiro atoms. The molecule has 1 aliphatic rings. The van der Waals surface area contributed by atoms with Gasteiger partial charge in [0.25, 0.3) is 5.91 Å². The number of carbonyl (C=O) groups excluding carboxylic acids is 1. The fraction of sp³-hybridized carbons (Fsp3) is 0.385. The van der Waals surface area contributed by atoms with E-state index in [2.05, 4.69) is 47.8 Å². The second-order valence-electron chi connectivity index (χ2n) is 8.97. The molecule has 168 valence electrons. The van der Waals surface area contributed by atoms with Crippen LogP contribution in [0.4, 0.5) is 15.9 Å². The highest BCUT2D eigenvalue weighted by Gasteiger charge is 2.22. The fourth-order valence-electron chi connectivity index (χ4n) is 4.45. The highest BCUT2D eigenvalue weighted by Crippen LogP contribution is 2.30. The number of amides is 1. The Bertz CT molecular complexity index is 1110. The summed E-state index contributed by atoms with van der Waals surface area (Å²) in [5.41, 5.74) is 3.15. The zero-order chi connectivity index (χ0) is 22.7. The average molecular weight is 435 g/mol. The molecule has 0 bridgehead atoms. The smallest absolute Gasteiger partial charge is 0.251 e. The Labute approximate surface area is 189 Å². The molecule has 3 aromatic rings. The Morgan fingerprint density at radius 2 is 1.84 bits per heavy atom. The van der Waals surface area contributed by atoms with Gasteiger partial charge in [-0.15, -0.1) is 0 Å². The van der Waals surface area contributed by atoms with Gasteiger partial charge in [0, 0.05) is 49.4 Å². The van der Waals surface area contributed by atoms with Crippen LogP contribution in [0.15, 0.2) is 48.5 Å². The molecule has 0 radical (unpaired) electrons. The van der Waals surface area contributed by atoms with Crippen LogP contribution >= 0.6 is 0 Å². The quantitative estimate of drug-likeness (QED) is 0.563. The maximum Gasteiger partial charge on any atom is 0.251 e. The molecule has 1 fully saturated rings. The summed E-state index contributed by atoms with van der Waals surface area (Å²) in [4.78, 5) is 19.3. The summed E-state index contributed by atoms with van der Waals surface area (Å²) < 4.78 is 13.4. The minimum atomic E-state index is -0.286. The lowest BCUT2D eigenvalue weighted by atomic mass is 9.86. The second kappa shape index (κ2) is 9.55. The zero-order valence-electron chi connectivity index (χ0n) is 19.0. The largest absolute Gasteiger partial charge is 0.377 e. The molecule has 0 saturated heterocycles. The second-order valence-corrected chi connectivity index (χ2v) is 8.97. The van der Waals surface area contributed by atoms with E-state index >= 15 is 0 Å². The molecule has 4 rings (SSSR count). The first-order valence-corrected chi connectivity index (χ1v) is 11.3. The normalized spacial score (nSPS) is 18.4. The van der Waals surface area contributed by atoms with Gasteiger partial charge < -0.3 is 15.5 Å². The van der Waals surface area contributed by atoms with E-state index in [0.717, 1.165) is 48.1 Å². The number of aryl methyl sites for hydroxylation is 1. The van der Waals surface area contributed by atoms with Crippen LogP contribution in [-0.4, -0.2) is 37.6 Å². The number of nitrogens with one attached hydrogen (secondary N) is 2. The Hall–Kier alpha value is -3.15. The predicted octanol–water partition coefficient (Wildman–Crippen LogP) is 5.15. The van der Waals surface area contributed by atoms with Crippen LogP contribution in [0.5, 0.6) is 0 Å². The van der Waals surface area contributed by atoms with Crippen molar-refractivity contribution in [2.45, 2.75) is 38.6 Å². The zero-order valence-corrected chi connectivity index (χ0v) is 19.0. The number of carbonyl (C=O) groups is 1. The highest BCUT2D eigenvalue weighted by molar-refractivity contribution is 5.94. The van der Waals surface area contributed by atoms with Gasteiger partial charge in [0.1, 0.15) is 11.6 Å². The molecule has 2 N–H and O–H groups in total. The molecular formula is C26H31FN4O. The van der Waals surface area contributed by atoms with Crippen molar-refractivity contribution in [1.82, 2.24) is 10.3 Å². The van der Waals surface area contributed by atoms with Gasteiger partial charge in [-0.1, -0.05) is 18.2 Å². The molecule has 6 heteroatoms. The van der Waals surface area contributed by atoms with Gasteiger partial charge in [0.2, 0.25) is 0 Å². The Morgan fingerprint density at radius 3 is 2.56 bits per heavy atom.